The van der Waals surface area contributed by atoms with Crippen molar-refractivity contribution in [3.8, 4) is 0 Å². The monoisotopic (exact) mass is 350 g/mol. The molecular weight excluding hydrogens is 316 g/mol. The van der Waals surface area contributed by atoms with Crippen molar-refractivity contribution in [2.75, 3.05) is 7.11 Å². The maximum absolute atomic E-state index is 11.9. The van der Waals surface area contributed by atoms with Crippen LogP contribution in [0.2, 0.25) is 0 Å². The van der Waals surface area contributed by atoms with Gasteiger partial charge in [-0.1, -0.05) is 26.8 Å². The topological polar surface area (TPSA) is 55.8 Å². The van der Waals surface area contributed by atoms with E-state index in [-0.39, 0.29) is 29.3 Å². The summed E-state index contributed by atoms with van der Waals surface area (Å²) in [6.07, 6.45) is 6.72. The minimum absolute atomic E-state index is 0.0708. The van der Waals surface area contributed by atoms with Crippen LogP contribution in [0.5, 0.6) is 0 Å². The Hall–Kier alpha value is -0.870. The molecule has 0 aromatic heterocycles. The van der Waals surface area contributed by atoms with Crippen molar-refractivity contribution in [3.63, 3.8) is 0 Å². The summed E-state index contributed by atoms with van der Waals surface area (Å²) in [5, 5.41) is 10.6. The Bertz CT molecular complexity index is 595. The van der Waals surface area contributed by atoms with E-state index in [1.165, 1.54) is 12.7 Å². The summed E-state index contributed by atoms with van der Waals surface area (Å²) in [7, 11) is 1.43. The van der Waals surface area contributed by atoms with Crippen LogP contribution in [0.3, 0.4) is 0 Å². The molecule has 1 saturated heterocycles. The van der Waals surface area contributed by atoms with Crippen molar-refractivity contribution >= 4 is 5.97 Å². The van der Waals surface area contributed by atoms with E-state index in [9.17, 15) is 9.90 Å². The van der Waals surface area contributed by atoms with Crippen LogP contribution in [0.25, 0.3) is 0 Å². The van der Waals surface area contributed by atoms with Gasteiger partial charge in [0.2, 0.25) is 0 Å². The van der Waals surface area contributed by atoms with Crippen LogP contribution in [-0.4, -0.2) is 35.5 Å². The Balaban J connectivity index is 2.01. The Kier molecular flexibility index (Phi) is 4.40. The molecule has 25 heavy (non-hydrogen) atoms. The number of fused-ring (bicyclic) bond motifs is 2. The molecule has 0 amide bonds. The summed E-state index contributed by atoms with van der Waals surface area (Å²) in [6, 6.07) is 0. The Morgan fingerprint density at radius 2 is 1.96 bits per heavy atom. The van der Waals surface area contributed by atoms with E-state index < -0.39 is 11.2 Å². The highest BCUT2D eigenvalue weighted by molar-refractivity contribution is 5.70. The first kappa shape index (κ1) is 18.9. The maximum Gasteiger partial charge on any atom is 0.308 e. The van der Waals surface area contributed by atoms with Crippen molar-refractivity contribution in [2.24, 2.45) is 16.7 Å². The second kappa shape index (κ2) is 5.82. The van der Waals surface area contributed by atoms with E-state index in [2.05, 4.69) is 33.8 Å². The number of esters is 1. The van der Waals surface area contributed by atoms with Gasteiger partial charge in [0.1, 0.15) is 0 Å². The minimum Gasteiger partial charge on any atom is -0.469 e. The molecule has 142 valence electrons. The van der Waals surface area contributed by atoms with Crippen LogP contribution in [0.4, 0.5) is 0 Å². The van der Waals surface area contributed by atoms with Gasteiger partial charge in [0.15, 0.2) is 0 Å². The fourth-order valence-electron chi connectivity index (χ4n) is 6.40. The van der Waals surface area contributed by atoms with Gasteiger partial charge in [0, 0.05) is 5.41 Å². The highest BCUT2D eigenvalue weighted by atomic mass is 16.5. The van der Waals surface area contributed by atoms with E-state index in [4.69, 9.17) is 9.47 Å². The van der Waals surface area contributed by atoms with Crippen molar-refractivity contribution in [3.05, 3.63) is 11.6 Å². The van der Waals surface area contributed by atoms with E-state index in [1.807, 2.05) is 6.92 Å². The van der Waals surface area contributed by atoms with Crippen LogP contribution in [0.1, 0.15) is 73.1 Å². The molecule has 4 nitrogen and oxygen atoms in total. The molecule has 4 heteroatoms. The zero-order valence-electron chi connectivity index (χ0n) is 16.6. The molecule has 2 aliphatic carbocycles. The van der Waals surface area contributed by atoms with Gasteiger partial charge in [-0.15, -0.1) is 0 Å². The summed E-state index contributed by atoms with van der Waals surface area (Å²) in [5.41, 5.74) is 0.323. The van der Waals surface area contributed by atoms with Crippen molar-refractivity contribution in [1.82, 2.24) is 0 Å². The second-order valence-corrected chi connectivity index (χ2v) is 9.78. The first-order valence-electron chi connectivity index (χ1n) is 9.60. The number of hydrogen-bond acceptors (Lipinski definition) is 4. The van der Waals surface area contributed by atoms with Crippen LogP contribution in [0, 0.1) is 16.7 Å². The van der Waals surface area contributed by atoms with Crippen molar-refractivity contribution in [2.45, 2.75) is 90.4 Å². The van der Waals surface area contributed by atoms with E-state index in [1.54, 1.807) is 0 Å². The lowest BCUT2D eigenvalue weighted by Crippen LogP contribution is -2.61. The van der Waals surface area contributed by atoms with E-state index in [0.717, 1.165) is 32.1 Å². The maximum atomic E-state index is 11.9. The SMILES string of the molecule is COC(=O)C[C@]1(C)CC[C@@]2(O1)C(C)=CC[C@H]1C(C)(C)C[C@@H](O)C[C@@]12C. The zero-order chi connectivity index (χ0) is 18.7. The van der Waals surface area contributed by atoms with E-state index in [0.29, 0.717) is 5.92 Å². The summed E-state index contributed by atoms with van der Waals surface area (Å²) in [5.74, 6) is 0.246. The molecule has 0 bridgehead atoms. The fraction of sp³-hybridized carbons (Fsp3) is 0.857. The molecule has 3 rings (SSSR count). The summed E-state index contributed by atoms with van der Waals surface area (Å²) in [6.45, 7) is 11.1. The third kappa shape index (κ3) is 2.76. The first-order valence-corrected chi connectivity index (χ1v) is 9.60. The Morgan fingerprint density at radius 1 is 1.28 bits per heavy atom. The van der Waals surface area contributed by atoms with E-state index >= 15 is 0 Å². The second-order valence-electron chi connectivity index (χ2n) is 9.78. The third-order valence-electron chi connectivity index (χ3n) is 7.53. The molecule has 1 saturated carbocycles. The molecule has 3 aliphatic rings. The lowest BCUT2D eigenvalue weighted by molar-refractivity contribution is -0.207. The summed E-state index contributed by atoms with van der Waals surface area (Å²) < 4.78 is 11.7. The van der Waals surface area contributed by atoms with Gasteiger partial charge in [0.25, 0.3) is 0 Å². The lowest BCUT2D eigenvalue weighted by atomic mass is 9.46. The molecule has 0 radical (unpaired) electrons. The van der Waals surface area contributed by atoms with Crippen molar-refractivity contribution in [1.29, 1.82) is 0 Å². The lowest BCUT2D eigenvalue weighted by Gasteiger charge is -2.62. The van der Waals surface area contributed by atoms with Crippen LogP contribution < -0.4 is 0 Å². The fourth-order valence-corrected chi connectivity index (χ4v) is 6.40. The highest BCUT2D eigenvalue weighted by Gasteiger charge is 2.65. The number of hydrogen-bond donors (Lipinski definition) is 1. The molecule has 5 atom stereocenters. The third-order valence-corrected chi connectivity index (χ3v) is 7.53. The zero-order valence-corrected chi connectivity index (χ0v) is 16.6. The molecule has 0 aromatic carbocycles. The number of carbonyl (C=O) groups excluding carboxylic acids is 1. The number of rotatable bonds is 2. The molecule has 1 aliphatic heterocycles. The van der Waals surface area contributed by atoms with Gasteiger partial charge in [-0.2, -0.15) is 0 Å². The number of ether oxygens (including phenoxy) is 2. The van der Waals surface area contributed by atoms with Gasteiger partial charge in [0.05, 0.1) is 30.8 Å². The number of aliphatic hydroxyl groups excluding tert-OH is 1. The average molecular weight is 350 g/mol. The molecule has 0 unspecified atom stereocenters. The standard InChI is InChI=1S/C21H34O4/c1-14-7-8-16-18(2,3)11-15(22)12-20(16,5)21(14)10-9-19(4,25-21)13-17(23)24-6/h7,15-16,22H,8-13H2,1-6H3/t15-,16+,19+,20+,21-/m1/s1. The number of allylic oxidation sites excluding steroid dienone is 1. The van der Waals surface area contributed by atoms with Gasteiger partial charge in [-0.05, 0) is 62.9 Å². The molecule has 0 aromatic rings. The predicted octanol–water partition coefficient (Wildman–Crippen LogP) is 4.01. The van der Waals surface area contributed by atoms with Gasteiger partial charge in [-0.3, -0.25) is 4.79 Å². The highest BCUT2D eigenvalue weighted by Crippen LogP contribution is 2.66. The average Bonchev–Trinajstić information content (AvgIpc) is 2.83. The molecule has 1 N–H and O–H groups in total. The summed E-state index contributed by atoms with van der Waals surface area (Å²) >= 11 is 0. The smallest absolute Gasteiger partial charge is 0.308 e. The van der Waals surface area contributed by atoms with Crippen molar-refractivity contribution < 1.29 is 19.4 Å². The first-order chi connectivity index (χ1) is 11.5. The number of carbonyl (C=O) groups is 1. The van der Waals surface area contributed by atoms with Crippen LogP contribution >= 0.6 is 0 Å². The van der Waals surface area contributed by atoms with Gasteiger partial charge >= 0.3 is 5.97 Å². The van der Waals surface area contributed by atoms with Gasteiger partial charge in [-0.25, -0.2) is 0 Å². The Morgan fingerprint density at radius 3 is 2.60 bits per heavy atom. The van der Waals surface area contributed by atoms with Crippen LogP contribution in [0.15, 0.2) is 11.6 Å². The largest absolute Gasteiger partial charge is 0.469 e. The van der Waals surface area contributed by atoms with Crippen LogP contribution in [-0.2, 0) is 14.3 Å². The number of aliphatic hydroxyl groups is 1. The Labute approximate surface area is 152 Å². The quantitative estimate of drug-likeness (QED) is 0.604. The number of methoxy groups -OCH3 is 1. The van der Waals surface area contributed by atoms with Gasteiger partial charge < -0.3 is 14.6 Å². The molecular formula is C21H34O4. The molecule has 2 fully saturated rings. The molecule has 1 spiro atoms. The molecule has 1 heterocycles. The summed E-state index contributed by atoms with van der Waals surface area (Å²) in [4.78, 5) is 11.9. The minimum atomic E-state index is -0.500. The predicted molar refractivity (Wildman–Crippen MR) is 97.1 cm³/mol. The normalized spacial score (nSPS) is 45.8.